The average molecular weight is 285 g/mol. The van der Waals surface area contributed by atoms with Gasteiger partial charge in [0.2, 0.25) is 0 Å². The van der Waals surface area contributed by atoms with Gasteiger partial charge in [-0.05, 0) is 17.9 Å². The van der Waals surface area contributed by atoms with Crippen LogP contribution in [-0.2, 0) is 0 Å². The fourth-order valence-electron chi connectivity index (χ4n) is 1.55. The van der Waals surface area contributed by atoms with E-state index in [0.29, 0.717) is 22.6 Å². The Morgan fingerprint density at radius 2 is 2.00 bits per heavy atom. The highest BCUT2D eigenvalue weighted by molar-refractivity contribution is 7.15. The Labute approximate surface area is 115 Å². The molecule has 0 aliphatic rings. The number of pyridine rings is 1. The molecule has 0 spiro atoms. The summed E-state index contributed by atoms with van der Waals surface area (Å²) >= 11 is 7.67. The Hall–Kier alpha value is -1.00. The Morgan fingerprint density at radius 3 is 2.61 bits per heavy atom. The Balaban J connectivity index is 2.40. The molecule has 0 saturated carbocycles. The van der Waals surface area contributed by atoms with Crippen LogP contribution in [0, 0.1) is 11.7 Å². The zero-order valence-electron chi connectivity index (χ0n) is 10.4. The molecule has 2 nitrogen and oxygen atoms in total. The summed E-state index contributed by atoms with van der Waals surface area (Å²) < 4.78 is 13.1. The van der Waals surface area contributed by atoms with Gasteiger partial charge in [0, 0.05) is 16.6 Å². The van der Waals surface area contributed by atoms with E-state index in [2.05, 4.69) is 30.7 Å². The lowest BCUT2D eigenvalue weighted by atomic mass is 9.97. The van der Waals surface area contributed by atoms with E-state index >= 15 is 0 Å². The first-order valence-corrected chi connectivity index (χ1v) is 6.95. The molecule has 1 atom stereocenters. The van der Waals surface area contributed by atoms with E-state index in [9.17, 15) is 4.39 Å². The maximum Gasteiger partial charge on any atom is 0.144 e. The highest BCUT2D eigenvalue weighted by Gasteiger charge is 2.19. The number of rotatable bonds is 3. The van der Waals surface area contributed by atoms with Gasteiger partial charge in [0.05, 0.1) is 6.20 Å². The third kappa shape index (κ3) is 2.70. The maximum atomic E-state index is 13.1. The van der Waals surface area contributed by atoms with Gasteiger partial charge < -0.3 is 0 Å². The molecule has 0 saturated heterocycles. The highest BCUT2D eigenvalue weighted by Crippen LogP contribution is 2.38. The third-order valence-corrected chi connectivity index (χ3v) is 4.68. The first kappa shape index (κ1) is 13.4. The summed E-state index contributed by atoms with van der Waals surface area (Å²) in [5.74, 6) is 0.462. The Morgan fingerprint density at radius 1 is 1.28 bits per heavy atom. The average Bonchev–Trinajstić information content (AvgIpc) is 2.70. The van der Waals surface area contributed by atoms with E-state index in [0.717, 1.165) is 9.88 Å². The molecule has 2 aromatic rings. The van der Waals surface area contributed by atoms with Crippen molar-refractivity contribution in [2.45, 2.75) is 26.7 Å². The molecule has 0 amide bonds. The monoisotopic (exact) mass is 284 g/mol. The van der Waals surface area contributed by atoms with Gasteiger partial charge in [0.1, 0.15) is 16.0 Å². The van der Waals surface area contributed by atoms with E-state index in [4.69, 9.17) is 11.6 Å². The second kappa shape index (κ2) is 5.33. The molecular weight excluding hydrogens is 271 g/mol. The highest BCUT2D eigenvalue weighted by atomic mass is 35.5. The van der Waals surface area contributed by atoms with Gasteiger partial charge in [-0.2, -0.15) is 0 Å². The first-order valence-electron chi connectivity index (χ1n) is 5.76. The van der Waals surface area contributed by atoms with E-state index in [1.54, 1.807) is 6.20 Å². The molecule has 18 heavy (non-hydrogen) atoms. The van der Waals surface area contributed by atoms with E-state index in [1.165, 1.54) is 23.6 Å². The summed E-state index contributed by atoms with van der Waals surface area (Å²) in [6, 6.07) is 1.42. The number of nitrogens with zero attached hydrogens (tertiary/aromatic N) is 2. The van der Waals surface area contributed by atoms with E-state index in [1.807, 2.05) is 0 Å². The van der Waals surface area contributed by atoms with Crippen molar-refractivity contribution in [2.24, 2.45) is 5.92 Å². The molecule has 1 unspecified atom stereocenters. The fourth-order valence-corrected chi connectivity index (χ4v) is 3.13. The molecular formula is C13H14ClFN2S. The summed E-state index contributed by atoms with van der Waals surface area (Å²) in [6.45, 7) is 6.41. The number of aromatic nitrogens is 2. The molecule has 96 valence electrons. The minimum absolute atomic E-state index is 0.338. The van der Waals surface area contributed by atoms with Gasteiger partial charge >= 0.3 is 0 Å². The van der Waals surface area contributed by atoms with Gasteiger partial charge in [-0.1, -0.05) is 32.4 Å². The van der Waals surface area contributed by atoms with Crippen LogP contribution in [0.1, 0.15) is 31.6 Å². The molecule has 0 aliphatic carbocycles. The fraction of sp³-hybridized carbons (Fsp3) is 0.385. The molecule has 0 bridgehead atoms. The van der Waals surface area contributed by atoms with Crippen molar-refractivity contribution < 1.29 is 4.39 Å². The molecule has 0 aromatic carbocycles. The summed E-state index contributed by atoms with van der Waals surface area (Å²) in [5.41, 5.74) is 0.670. The predicted molar refractivity (Wildman–Crippen MR) is 73.6 cm³/mol. The predicted octanol–water partition coefficient (Wildman–Crippen LogP) is 4.76. The molecule has 0 N–H and O–H groups in total. The van der Waals surface area contributed by atoms with Crippen LogP contribution in [0.2, 0.25) is 5.15 Å². The molecule has 0 aliphatic heterocycles. The number of thiazole rings is 1. The van der Waals surface area contributed by atoms with Crippen LogP contribution in [0.3, 0.4) is 0 Å². The molecule has 0 radical (unpaired) electrons. The van der Waals surface area contributed by atoms with Crippen LogP contribution in [0.15, 0.2) is 18.5 Å². The molecule has 5 heteroatoms. The lowest BCUT2D eigenvalue weighted by Crippen LogP contribution is -1.99. The summed E-state index contributed by atoms with van der Waals surface area (Å²) in [6.07, 6.45) is 2.78. The molecule has 2 aromatic heterocycles. The summed E-state index contributed by atoms with van der Waals surface area (Å²) in [4.78, 5) is 9.18. The first-order chi connectivity index (χ1) is 8.49. The number of hydrogen-bond donors (Lipinski definition) is 0. The van der Waals surface area contributed by atoms with Crippen LogP contribution in [0.25, 0.3) is 10.6 Å². The van der Waals surface area contributed by atoms with Gasteiger partial charge in [-0.15, -0.1) is 11.3 Å². The van der Waals surface area contributed by atoms with Crippen molar-refractivity contribution in [3.05, 3.63) is 34.3 Å². The van der Waals surface area contributed by atoms with Crippen LogP contribution >= 0.6 is 22.9 Å². The van der Waals surface area contributed by atoms with Crippen molar-refractivity contribution in [2.75, 3.05) is 0 Å². The van der Waals surface area contributed by atoms with Crippen molar-refractivity contribution in [1.29, 1.82) is 0 Å². The van der Waals surface area contributed by atoms with Crippen molar-refractivity contribution in [1.82, 2.24) is 9.97 Å². The third-order valence-electron chi connectivity index (χ3n) is 2.98. The number of halogens is 2. The van der Waals surface area contributed by atoms with Crippen molar-refractivity contribution in [3.63, 3.8) is 0 Å². The lowest BCUT2D eigenvalue weighted by molar-refractivity contribution is 0.542. The van der Waals surface area contributed by atoms with Gasteiger partial charge in [-0.3, -0.25) is 4.98 Å². The zero-order valence-corrected chi connectivity index (χ0v) is 12.0. The largest absolute Gasteiger partial charge is 0.261 e. The van der Waals surface area contributed by atoms with Crippen LogP contribution in [0.5, 0.6) is 0 Å². The summed E-state index contributed by atoms with van der Waals surface area (Å²) in [7, 11) is 0. The van der Waals surface area contributed by atoms with Gasteiger partial charge in [-0.25, -0.2) is 9.37 Å². The summed E-state index contributed by atoms with van der Waals surface area (Å²) in [5, 5.41) is 1.23. The van der Waals surface area contributed by atoms with Crippen molar-refractivity contribution >= 4 is 22.9 Å². The van der Waals surface area contributed by atoms with Gasteiger partial charge in [0.25, 0.3) is 0 Å². The maximum absolute atomic E-state index is 13.1. The molecule has 2 rings (SSSR count). The van der Waals surface area contributed by atoms with E-state index < -0.39 is 0 Å². The lowest BCUT2D eigenvalue weighted by Gasteiger charge is -2.12. The SMILES string of the molecule is CC(C)C(C)c1sc(-c2cncc(F)c2)nc1Cl. The molecule has 0 fully saturated rings. The van der Waals surface area contributed by atoms with Crippen LogP contribution < -0.4 is 0 Å². The Bertz CT molecular complexity index is 554. The van der Waals surface area contributed by atoms with Crippen LogP contribution in [-0.4, -0.2) is 9.97 Å². The van der Waals surface area contributed by atoms with Crippen molar-refractivity contribution in [3.8, 4) is 10.6 Å². The smallest absolute Gasteiger partial charge is 0.144 e. The minimum Gasteiger partial charge on any atom is -0.261 e. The van der Waals surface area contributed by atoms with E-state index in [-0.39, 0.29) is 5.82 Å². The Kier molecular flexibility index (Phi) is 3.97. The van der Waals surface area contributed by atoms with Gasteiger partial charge in [0.15, 0.2) is 0 Å². The normalized spacial score (nSPS) is 13.0. The standard InChI is InChI=1S/C13H14ClFN2S/c1-7(2)8(3)11-12(14)17-13(18-11)9-4-10(15)6-16-5-9/h4-8H,1-3H3. The quantitative estimate of drug-likeness (QED) is 0.812. The number of hydrogen-bond acceptors (Lipinski definition) is 3. The minimum atomic E-state index is -0.364. The second-order valence-corrected chi connectivity index (χ2v) is 5.99. The second-order valence-electron chi connectivity index (χ2n) is 4.60. The van der Waals surface area contributed by atoms with Crippen LogP contribution in [0.4, 0.5) is 4.39 Å². The molecule has 2 heterocycles. The topological polar surface area (TPSA) is 25.8 Å². The zero-order chi connectivity index (χ0) is 13.3.